The van der Waals surface area contributed by atoms with Crippen molar-refractivity contribution >= 4 is 37.5 Å². The number of ether oxygens (including phenoxy) is 1. The zero-order valence-corrected chi connectivity index (χ0v) is 14.9. The molecule has 2 nitrogen and oxygen atoms in total. The van der Waals surface area contributed by atoms with Crippen molar-refractivity contribution in [3.05, 3.63) is 56.0 Å². The highest BCUT2D eigenvalue weighted by atomic mass is 79.9. The number of nitrogens with one attached hydrogen (secondary N) is 1. The topological polar surface area (TPSA) is 21.3 Å². The molecule has 0 aliphatic rings. The smallest absolute Gasteiger partial charge is 0.138 e. The zero-order chi connectivity index (χ0) is 14.7. The van der Waals surface area contributed by atoms with E-state index in [0.717, 1.165) is 25.9 Å². The van der Waals surface area contributed by atoms with Gasteiger partial charge in [-0.15, -0.1) is 0 Å². The van der Waals surface area contributed by atoms with Crippen molar-refractivity contribution in [2.45, 2.75) is 20.4 Å². The van der Waals surface area contributed by atoms with Crippen LogP contribution in [0.15, 0.2) is 39.3 Å². The Morgan fingerprint density at radius 2 is 1.80 bits per heavy atom. The minimum absolute atomic E-state index is 0.712. The van der Waals surface area contributed by atoms with Gasteiger partial charge in [0.05, 0.1) is 11.6 Å². The summed E-state index contributed by atoms with van der Waals surface area (Å²) in [6, 6.07) is 10.4. The van der Waals surface area contributed by atoms with Gasteiger partial charge < -0.3 is 10.1 Å². The lowest BCUT2D eigenvalue weighted by Gasteiger charge is -2.13. The van der Waals surface area contributed by atoms with E-state index in [1.54, 1.807) is 7.11 Å². The van der Waals surface area contributed by atoms with Gasteiger partial charge in [0.15, 0.2) is 0 Å². The van der Waals surface area contributed by atoms with E-state index in [1.807, 2.05) is 6.07 Å². The molecule has 0 amide bonds. The van der Waals surface area contributed by atoms with E-state index in [-0.39, 0.29) is 0 Å². The first-order chi connectivity index (χ1) is 9.51. The lowest BCUT2D eigenvalue weighted by atomic mass is 10.1. The molecule has 0 saturated heterocycles. The SMILES string of the molecule is COc1c(Br)cc(Br)cc1CNc1ccc(C)c(C)c1. The number of hydrogen-bond donors (Lipinski definition) is 1. The highest BCUT2D eigenvalue weighted by molar-refractivity contribution is 9.11. The molecule has 2 aromatic carbocycles. The largest absolute Gasteiger partial charge is 0.495 e. The summed E-state index contributed by atoms with van der Waals surface area (Å²) in [6.45, 7) is 4.95. The van der Waals surface area contributed by atoms with Gasteiger partial charge in [-0.3, -0.25) is 0 Å². The summed E-state index contributed by atoms with van der Waals surface area (Å²) >= 11 is 7.03. The summed E-state index contributed by atoms with van der Waals surface area (Å²) in [5.41, 5.74) is 4.81. The molecule has 0 saturated carbocycles. The van der Waals surface area contributed by atoms with Crippen LogP contribution in [0.5, 0.6) is 5.75 Å². The molecule has 106 valence electrons. The van der Waals surface area contributed by atoms with Crippen LogP contribution >= 0.6 is 31.9 Å². The second-order valence-corrected chi connectivity index (χ2v) is 6.50. The second-order valence-electron chi connectivity index (χ2n) is 4.73. The highest BCUT2D eigenvalue weighted by Crippen LogP contribution is 2.33. The zero-order valence-electron chi connectivity index (χ0n) is 11.8. The normalized spacial score (nSPS) is 10.4. The van der Waals surface area contributed by atoms with Crippen LogP contribution in [-0.4, -0.2) is 7.11 Å². The van der Waals surface area contributed by atoms with Gasteiger partial charge in [-0.25, -0.2) is 0 Å². The monoisotopic (exact) mass is 397 g/mol. The van der Waals surface area contributed by atoms with Crippen molar-refractivity contribution < 1.29 is 4.74 Å². The molecule has 2 aromatic rings. The quantitative estimate of drug-likeness (QED) is 0.739. The van der Waals surface area contributed by atoms with Crippen molar-refractivity contribution in [3.63, 3.8) is 0 Å². The van der Waals surface area contributed by atoms with E-state index in [0.29, 0.717) is 6.54 Å². The van der Waals surface area contributed by atoms with E-state index in [4.69, 9.17) is 4.74 Å². The van der Waals surface area contributed by atoms with E-state index in [2.05, 4.69) is 75.3 Å². The number of anilines is 1. The van der Waals surface area contributed by atoms with Gasteiger partial charge in [-0.2, -0.15) is 0 Å². The van der Waals surface area contributed by atoms with Crippen LogP contribution in [0.4, 0.5) is 5.69 Å². The average molecular weight is 399 g/mol. The molecule has 0 aliphatic carbocycles. The summed E-state index contributed by atoms with van der Waals surface area (Å²) in [7, 11) is 1.69. The van der Waals surface area contributed by atoms with Crippen LogP contribution in [0.1, 0.15) is 16.7 Å². The fourth-order valence-electron chi connectivity index (χ4n) is 2.02. The Kier molecular flexibility index (Phi) is 5.11. The fourth-order valence-corrected chi connectivity index (χ4v) is 3.50. The molecule has 4 heteroatoms. The lowest BCUT2D eigenvalue weighted by Crippen LogP contribution is -2.03. The van der Waals surface area contributed by atoms with Gasteiger partial charge in [0.1, 0.15) is 5.75 Å². The van der Waals surface area contributed by atoms with Gasteiger partial charge in [0, 0.05) is 22.3 Å². The van der Waals surface area contributed by atoms with Crippen LogP contribution in [0.2, 0.25) is 0 Å². The van der Waals surface area contributed by atoms with Crippen molar-refractivity contribution in [1.82, 2.24) is 0 Å². The molecule has 0 fully saturated rings. The molecule has 0 radical (unpaired) electrons. The van der Waals surface area contributed by atoms with Crippen molar-refractivity contribution in [1.29, 1.82) is 0 Å². The maximum Gasteiger partial charge on any atom is 0.138 e. The van der Waals surface area contributed by atoms with Crippen LogP contribution in [0.25, 0.3) is 0 Å². The number of halogens is 2. The minimum Gasteiger partial charge on any atom is -0.495 e. The Balaban J connectivity index is 2.20. The summed E-state index contributed by atoms with van der Waals surface area (Å²) in [5, 5.41) is 3.44. The summed E-state index contributed by atoms with van der Waals surface area (Å²) in [5.74, 6) is 0.865. The Morgan fingerprint density at radius 3 is 2.45 bits per heavy atom. The van der Waals surface area contributed by atoms with Gasteiger partial charge >= 0.3 is 0 Å². The molecule has 0 heterocycles. The van der Waals surface area contributed by atoms with E-state index in [9.17, 15) is 0 Å². The van der Waals surface area contributed by atoms with Crippen molar-refractivity contribution in [3.8, 4) is 5.75 Å². The number of benzene rings is 2. The molecule has 0 aromatic heterocycles. The number of aryl methyl sites for hydroxylation is 2. The third-order valence-corrected chi connectivity index (χ3v) is 4.33. The van der Waals surface area contributed by atoms with Crippen LogP contribution in [-0.2, 0) is 6.54 Å². The standard InChI is InChI=1S/C16H17Br2NO/c1-10-4-5-14(6-11(10)2)19-9-12-7-13(17)8-15(18)16(12)20-3/h4-8,19H,9H2,1-3H3. The van der Waals surface area contributed by atoms with E-state index < -0.39 is 0 Å². The van der Waals surface area contributed by atoms with Crippen LogP contribution in [0.3, 0.4) is 0 Å². The maximum absolute atomic E-state index is 5.45. The molecule has 0 bridgehead atoms. The van der Waals surface area contributed by atoms with Gasteiger partial charge in [0.2, 0.25) is 0 Å². The first kappa shape index (κ1) is 15.4. The van der Waals surface area contributed by atoms with Gasteiger partial charge in [0.25, 0.3) is 0 Å². The summed E-state index contributed by atoms with van der Waals surface area (Å²) in [6.07, 6.45) is 0. The molecule has 20 heavy (non-hydrogen) atoms. The average Bonchev–Trinajstić information content (AvgIpc) is 2.39. The number of rotatable bonds is 4. The van der Waals surface area contributed by atoms with E-state index >= 15 is 0 Å². The Labute approximate surface area is 136 Å². The Morgan fingerprint density at radius 1 is 1.05 bits per heavy atom. The molecular formula is C16H17Br2NO. The third kappa shape index (κ3) is 3.55. The molecule has 2 rings (SSSR count). The highest BCUT2D eigenvalue weighted by Gasteiger charge is 2.09. The molecule has 0 unspecified atom stereocenters. The van der Waals surface area contributed by atoms with Gasteiger partial charge in [-0.05, 0) is 65.2 Å². The fraction of sp³-hybridized carbons (Fsp3) is 0.250. The second kappa shape index (κ2) is 6.64. The van der Waals surface area contributed by atoms with E-state index in [1.165, 1.54) is 11.1 Å². The maximum atomic E-state index is 5.45. The first-order valence-corrected chi connectivity index (χ1v) is 7.93. The number of hydrogen-bond acceptors (Lipinski definition) is 2. The molecule has 0 aliphatic heterocycles. The van der Waals surface area contributed by atoms with Crippen molar-refractivity contribution in [2.75, 3.05) is 12.4 Å². The predicted octanol–water partition coefficient (Wildman–Crippen LogP) is 5.45. The lowest BCUT2D eigenvalue weighted by molar-refractivity contribution is 0.407. The third-order valence-electron chi connectivity index (χ3n) is 3.28. The van der Waals surface area contributed by atoms with Crippen LogP contribution < -0.4 is 10.1 Å². The molecule has 0 spiro atoms. The summed E-state index contributed by atoms with van der Waals surface area (Å²) < 4.78 is 7.43. The van der Waals surface area contributed by atoms with Gasteiger partial charge in [-0.1, -0.05) is 22.0 Å². The van der Waals surface area contributed by atoms with Crippen LogP contribution in [0, 0.1) is 13.8 Å². The Hall–Kier alpha value is -1.00. The van der Waals surface area contributed by atoms with Crippen molar-refractivity contribution in [2.24, 2.45) is 0 Å². The summed E-state index contributed by atoms with van der Waals surface area (Å²) in [4.78, 5) is 0. The Bertz CT molecular complexity index is 626. The molecule has 0 atom stereocenters. The predicted molar refractivity (Wildman–Crippen MR) is 91.6 cm³/mol. The number of methoxy groups -OCH3 is 1. The first-order valence-electron chi connectivity index (χ1n) is 6.34. The molecular weight excluding hydrogens is 382 g/mol. The molecule has 1 N–H and O–H groups in total. The minimum atomic E-state index is 0.712.